The first-order valence-corrected chi connectivity index (χ1v) is 3.96. The van der Waals surface area contributed by atoms with E-state index >= 15 is 0 Å². The molecular formula is C8H3ClN2O4. The lowest BCUT2D eigenvalue weighted by molar-refractivity contribution is -0.384. The molecule has 0 radical (unpaired) electrons. The van der Waals surface area contributed by atoms with Crippen LogP contribution in [0.25, 0.3) is 0 Å². The SMILES string of the molecule is N#Cc1cc([N+](=O)[O-])c(Cl)cc1C(=O)O. The van der Waals surface area contributed by atoms with Gasteiger partial charge in [-0.15, -0.1) is 0 Å². The van der Waals surface area contributed by atoms with E-state index < -0.39 is 16.6 Å². The summed E-state index contributed by atoms with van der Waals surface area (Å²) in [6, 6.07) is 3.28. The van der Waals surface area contributed by atoms with Crippen LogP contribution in [0.15, 0.2) is 12.1 Å². The number of benzene rings is 1. The summed E-state index contributed by atoms with van der Waals surface area (Å²) < 4.78 is 0. The molecule has 0 aliphatic heterocycles. The number of nitro benzene ring substituents is 1. The topological polar surface area (TPSA) is 104 Å². The second kappa shape index (κ2) is 3.94. The van der Waals surface area contributed by atoms with E-state index in [1.165, 1.54) is 0 Å². The van der Waals surface area contributed by atoms with E-state index in [2.05, 4.69) is 0 Å². The van der Waals surface area contributed by atoms with Crippen LogP contribution in [0.4, 0.5) is 5.69 Å². The van der Waals surface area contributed by atoms with E-state index in [4.69, 9.17) is 22.0 Å². The number of hydrogen-bond acceptors (Lipinski definition) is 4. The number of halogens is 1. The van der Waals surface area contributed by atoms with Gasteiger partial charge in [-0.05, 0) is 6.07 Å². The third-order valence-electron chi connectivity index (χ3n) is 1.63. The predicted octanol–water partition coefficient (Wildman–Crippen LogP) is 1.82. The highest BCUT2D eigenvalue weighted by Crippen LogP contribution is 2.27. The van der Waals surface area contributed by atoms with E-state index in [0.29, 0.717) is 0 Å². The Kier molecular flexibility index (Phi) is 2.87. The highest BCUT2D eigenvalue weighted by atomic mass is 35.5. The van der Waals surface area contributed by atoms with E-state index in [-0.39, 0.29) is 16.1 Å². The van der Waals surface area contributed by atoms with Crippen LogP contribution in [-0.4, -0.2) is 16.0 Å². The molecule has 7 heteroatoms. The molecule has 0 bridgehead atoms. The molecule has 0 saturated heterocycles. The minimum Gasteiger partial charge on any atom is -0.478 e. The molecule has 6 nitrogen and oxygen atoms in total. The standard InChI is InChI=1S/C8H3ClN2O4/c9-6-2-5(8(12)13)4(3-10)1-7(6)11(14)15/h1-2H,(H,12,13). The van der Waals surface area contributed by atoms with Crippen LogP contribution in [0.2, 0.25) is 5.02 Å². The number of aromatic carboxylic acids is 1. The van der Waals surface area contributed by atoms with Crippen LogP contribution in [-0.2, 0) is 0 Å². The largest absolute Gasteiger partial charge is 0.478 e. The summed E-state index contributed by atoms with van der Waals surface area (Å²) in [6.07, 6.45) is 0. The Hall–Kier alpha value is -2.13. The van der Waals surface area contributed by atoms with Crippen LogP contribution in [0.5, 0.6) is 0 Å². The van der Waals surface area contributed by atoms with Crippen LogP contribution in [0.1, 0.15) is 15.9 Å². The van der Waals surface area contributed by atoms with Gasteiger partial charge >= 0.3 is 5.97 Å². The molecule has 1 aromatic rings. The van der Waals surface area contributed by atoms with Gasteiger partial charge in [0.2, 0.25) is 0 Å². The van der Waals surface area contributed by atoms with E-state index in [0.717, 1.165) is 12.1 Å². The summed E-state index contributed by atoms with van der Waals surface area (Å²) in [6.45, 7) is 0. The molecule has 1 aromatic carbocycles. The molecule has 0 unspecified atom stereocenters. The maximum Gasteiger partial charge on any atom is 0.337 e. The van der Waals surface area contributed by atoms with Crippen molar-refractivity contribution in [3.05, 3.63) is 38.4 Å². The Morgan fingerprint density at radius 2 is 2.20 bits per heavy atom. The molecule has 0 aromatic heterocycles. The van der Waals surface area contributed by atoms with Gasteiger partial charge < -0.3 is 5.11 Å². The molecule has 0 aliphatic carbocycles. The number of nitrogens with zero attached hydrogens (tertiary/aromatic N) is 2. The lowest BCUT2D eigenvalue weighted by Gasteiger charge is -2.00. The third kappa shape index (κ3) is 2.03. The summed E-state index contributed by atoms with van der Waals surface area (Å²) in [5.74, 6) is -1.36. The molecule has 0 atom stereocenters. The summed E-state index contributed by atoms with van der Waals surface area (Å²) in [5, 5.41) is 27.4. The second-order valence-electron chi connectivity index (χ2n) is 2.52. The Morgan fingerprint density at radius 1 is 1.60 bits per heavy atom. The molecule has 0 aliphatic rings. The van der Waals surface area contributed by atoms with Gasteiger partial charge in [-0.2, -0.15) is 5.26 Å². The first kappa shape index (κ1) is 10.9. The van der Waals surface area contributed by atoms with Gasteiger partial charge in [-0.3, -0.25) is 10.1 Å². The van der Waals surface area contributed by atoms with Gasteiger partial charge in [-0.1, -0.05) is 11.6 Å². The Bertz CT molecular complexity index is 492. The lowest BCUT2D eigenvalue weighted by atomic mass is 10.1. The zero-order chi connectivity index (χ0) is 11.6. The van der Waals surface area contributed by atoms with E-state index in [9.17, 15) is 14.9 Å². The summed E-state index contributed by atoms with van der Waals surface area (Å²) in [7, 11) is 0. The van der Waals surface area contributed by atoms with E-state index in [1.54, 1.807) is 6.07 Å². The molecule has 0 amide bonds. The first-order chi connectivity index (χ1) is 6.97. The Morgan fingerprint density at radius 3 is 2.60 bits per heavy atom. The monoisotopic (exact) mass is 226 g/mol. The zero-order valence-electron chi connectivity index (χ0n) is 7.10. The number of hydrogen-bond donors (Lipinski definition) is 1. The summed E-state index contributed by atoms with van der Waals surface area (Å²) >= 11 is 5.48. The van der Waals surface area contributed by atoms with Crippen molar-refractivity contribution in [3.63, 3.8) is 0 Å². The average molecular weight is 227 g/mol. The van der Waals surface area contributed by atoms with Crippen molar-refractivity contribution in [1.82, 2.24) is 0 Å². The number of rotatable bonds is 2. The molecular weight excluding hydrogens is 224 g/mol. The molecule has 0 heterocycles. The fraction of sp³-hybridized carbons (Fsp3) is 0. The predicted molar refractivity (Wildman–Crippen MR) is 49.8 cm³/mol. The van der Waals surface area contributed by atoms with Crippen LogP contribution < -0.4 is 0 Å². The van der Waals surface area contributed by atoms with Crippen molar-refractivity contribution in [2.75, 3.05) is 0 Å². The molecule has 1 N–H and O–H groups in total. The van der Waals surface area contributed by atoms with Crippen LogP contribution >= 0.6 is 11.6 Å². The first-order valence-electron chi connectivity index (χ1n) is 3.58. The Labute approximate surface area is 88.5 Å². The van der Waals surface area contributed by atoms with Crippen molar-refractivity contribution in [1.29, 1.82) is 5.26 Å². The van der Waals surface area contributed by atoms with Crippen molar-refractivity contribution in [2.45, 2.75) is 0 Å². The van der Waals surface area contributed by atoms with Crippen LogP contribution in [0.3, 0.4) is 0 Å². The van der Waals surface area contributed by atoms with Gasteiger partial charge in [-0.25, -0.2) is 4.79 Å². The van der Waals surface area contributed by atoms with Gasteiger partial charge in [0.1, 0.15) is 11.1 Å². The van der Waals surface area contributed by atoms with Crippen molar-refractivity contribution in [2.24, 2.45) is 0 Å². The molecule has 1 rings (SSSR count). The average Bonchev–Trinajstić information content (AvgIpc) is 2.16. The zero-order valence-corrected chi connectivity index (χ0v) is 7.85. The highest BCUT2D eigenvalue weighted by molar-refractivity contribution is 6.33. The Balaban J connectivity index is 3.51. The number of nitro groups is 1. The quantitative estimate of drug-likeness (QED) is 0.612. The fourth-order valence-corrected chi connectivity index (χ4v) is 1.20. The molecule has 0 spiro atoms. The number of carboxylic acids is 1. The summed E-state index contributed by atoms with van der Waals surface area (Å²) in [5.41, 5.74) is -1.13. The second-order valence-corrected chi connectivity index (χ2v) is 2.93. The summed E-state index contributed by atoms with van der Waals surface area (Å²) in [4.78, 5) is 20.3. The van der Waals surface area contributed by atoms with Crippen molar-refractivity contribution < 1.29 is 14.8 Å². The normalized spacial score (nSPS) is 9.33. The van der Waals surface area contributed by atoms with E-state index in [1.807, 2.05) is 0 Å². The van der Waals surface area contributed by atoms with Crippen molar-refractivity contribution >= 4 is 23.3 Å². The van der Waals surface area contributed by atoms with Crippen molar-refractivity contribution in [3.8, 4) is 6.07 Å². The van der Waals surface area contributed by atoms with Gasteiger partial charge in [0.05, 0.1) is 16.1 Å². The highest BCUT2D eigenvalue weighted by Gasteiger charge is 2.19. The molecule has 76 valence electrons. The van der Waals surface area contributed by atoms with Gasteiger partial charge in [0.15, 0.2) is 0 Å². The number of nitriles is 1. The maximum atomic E-state index is 10.6. The number of carboxylic acid groups (broad SMARTS) is 1. The molecule has 0 fully saturated rings. The van der Waals surface area contributed by atoms with Crippen LogP contribution in [0, 0.1) is 21.4 Å². The lowest BCUT2D eigenvalue weighted by Crippen LogP contribution is -2.02. The molecule has 0 saturated carbocycles. The maximum absolute atomic E-state index is 10.6. The minimum absolute atomic E-state index is 0.293. The minimum atomic E-state index is -1.36. The van der Waals surface area contributed by atoms with Gasteiger partial charge in [0, 0.05) is 6.07 Å². The fourth-order valence-electron chi connectivity index (χ4n) is 0.971. The third-order valence-corrected chi connectivity index (χ3v) is 1.94. The van der Waals surface area contributed by atoms with Gasteiger partial charge in [0.25, 0.3) is 5.69 Å². The smallest absolute Gasteiger partial charge is 0.337 e. The molecule has 15 heavy (non-hydrogen) atoms. The number of carbonyl (C=O) groups is 1.